The normalized spacial score (nSPS) is 10.2. The molecule has 0 saturated carbocycles. The molecule has 8 nitrogen and oxygen atoms in total. The molecule has 0 atom stereocenters. The minimum Gasteiger partial charge on any atom is -0.497 e. The van der Waals surface area contributed by atoms with E-state index in [0.29, 0.717) is 28.6 Å². The summed E-state index contributed by atoms with van der Waals surface area (Å²) in [4.78, 5) is 24.9. The van der Waals surface area contributed by atoms with Crippen molar-refractivity contribution in [1.82, 2.24) is 9.78 Å². The number of benzene rings is 2. The third kappa shape index (κ3) is 3.96. The number of hydrogen-bond donors (Lipinski definition) is 1. The Bertz CT molecular complexity index is 1040. The van der Waals surface area contributed by atoms with E-state index >= 15 is 0 Å². The number of aromatic nitrogens is 2. The zero-order chi connectivity index (χ0) is 20.1. The van der Waals surface area contributed by atoms with Gasteiger partial charge in [-0.25, -0.2) is 4.68 Å². The lowest BCUT2D eigenvalue weighted by Crippen LogP contribution is -2.25. The predicted octanol–water partition coefficient (Wildman–Crippen LogP) is 2.51. The maximum absolute atomic E-state index is 12.7. The first-order valence-corrected chi connectivity index (χ1v) is 8.33. The first-order chi connectivity index (χ1) is 13.5. The highest BCUT2D eigenvalue weighted by Crippen LogP contribution is 2.29. The van der Waals surface area contributed by atoms with Crippen LogP contribution in [0, 0.1) is 0 Å². The van der Waals surface area contributed by atoms with Gasteiger partial charge < -0.3 is 19.5 Å². The van der Waals surface area contributed by atoms with Gasteiger partial charge in [-0.1, -0.05) is 0 Å². The van der Waals surface area contributed by atoms with Gasteiger partial charge in [0.1, 0.15) is 17.2 Å². The quantitative estimate of drug-likeness (QED) is 0.705. The summed E-state index contributed by atoms with van der Waals surface area (Å²) >= 11 is 0. The average molecular weight is 381 g/mol. The van der Waals surface area contributed by atoms with Gasteiger partial charge in [-0.05, 0) is 36.4 Å². The van der Waals surface area contributed by atoms with Crippen LogP contribution in [-0.2, 0) is 0 Å². The fourth-order valence-electron chi connectivity index (χ4n) is 2.54. The van der Waals surface area contributed by atoms with Gasteiger partial charge in [0.2, 0.25) is 5.43 Å². The zero-order valence-corrected chi connectivity index (χ0v) is 15.6. The molecule has 0 saturated heterocycles. The average Bonchev–Trinajstić information content (AvgIpc) is 2.74. The van der Waals surface area contributed by atoms with Crippen molar-refractivity contribution >= 4 is 11.6 Å². The Kier molecular flexibility index (Phi) is 5.59. The molecule has 8 heteroatoms. The number of anilines is 1. The second-order valence-electron chi connectivity index (χ2n) is 5.69. The fraction of sp³-hybridized carbons (Fsp3) is 0.150. The standard InChI is InChI=1S/C20H19N3O5/c1-26-14-6-4-13(5-7-14)23-11-10-17(24)19(22-23)20(25)21-16-12-15(27-2)8-9-18(16)28-3/h4-12H,1-3H3,(H,21,25). The molecule has 0 spiro atoms. The Balaban J connectivity index is 1.93. The summed E-state index contributed by atoms with van der Waals surface area (Å²) in [5, 5.41) is 6.82. The Labute approximate surface area is 161 Å². The molecule has 0 fully saturated rings. The molecule has 3 rings (SSSR count). The molecule has 3 aromatic rings. The van der Waals surface area contributed by atoms with E-state index in [4.69, 9.17) is 14.2 Å². The van der Waals surface area contributed by atoms with Crippen molar-refractivity contribution in [2.45, 2.75) is 0 Å². The first kappa shape index (κ1) is 19.0. The second kappa shape index (κ2) is 8.26. The van der Waals surface area contributed by atoms with Crippen molar-refractivity contribution in [3.63, 3.8) is 0 Å². The van der Waals surface area contributed by atoms with Gasteiger partial charge in [-0.15, -0.1) is 0 Å². The van der Waals surface area contributed by atoms with Crippen molar-refractivity contribution in [3.8, 4) is 22.9 Å². The third-order valence-corrected chi connectivity index (χ3v) is 4.02. The van der Waals surface area contributed by atoms with Crippen LogP contribution in [0.25, 0.3) is 5.69 Å². The molecule has 0 radical (unpaired) electrons. The number of nitrogens with zero attached hydrogens (tertiary/aromatic N) is 2. The van der Waals surface area contributed by atoms with Crippen LogP contribution in [0.1, 0.15) is 10.5 Å². The minimum absolute atomic E-state index is 0.247. The summed E-state index contributed by atoms with van der Waals surface area (Å²) in [6, 6.07) is 13.3. The molecule has 0 unspecified atom stereocenters. The van der Waals surface area contributed by atoms with Crippen LogP contribution in [0.4, 0.5) is 5.69 Å². The van der Waals surface area contributed by atoms with Gasteiger partial charge in [0, 0.05) is 18.3 Å². The molecule has 1 aromatic heterocycles. The van der Waals surface area contributed by atoms with Crippen LogP contribution in [0.5, 0.6) is 17.2 Å². The van der Waals surface area contributed by atoms with E-state index in [1.54, 1.807) is 49.6 Å². The number of ether oxygens (including phenoxy) is 3. The number of hydrogen-bond acceptors (Lipinski definition) is 6. The highest BCUT2D eigenvalue weighted by Gasteiger charge is 2.16. The molecule has 28 heavy (non-hydrogen) atoms. The molecule has 1 heterocycles. The van der Waals surface area contributed by atoms with Crippen molar-refractivity contribution < 1.29 is 19.0 Å². The summed E-state index contributed by atoms with van der Waals surface area (Å²) < 4.78 is 17.0. The van der Waals surface area contributed by atoms with Crippen LogP contribution in [0.3, 0.4) is 0 Å². The summed E-state index contributed by atoms with van der Waals surface area (Å²) in [6.45, 7) is 0. The summed E-state index contributed by atoms with van der Waals surface area (Å²) in [7, 11) is 4.57. The molecular formula is C20H19N3O5. The Morgan fingerprint density at radius 3 is 2.25 bits per heavy atom. The molecule has 0 bridgehead atoms. The highest BCUT2D eigenvalue weighted by molar-refractivity contribution is 6.03. The molecular weight excluding hydrogens is 362 g/mol. The van der Waals surface area contributed by atoms with E-state index in [1.807, 2.05) is 0 Å². The minimum atomic E-state index is -0.653. The SMILES string of the molecule is COc1ccc(-n2ccc(=O)c(C(=O)Nc3cc(OC)ccc3OC)n2)cc1. The maximum Gasteiger partial charge on any atom is 0.280 e. The molecule has 144 valence electrons. The number of methoxy groups -OCH3 is 3. The van der Waals surface area contributed by atoms with Crippen molar-refractivity contribution in [2.75, 3.05) is 26.6 Å². The highest BCUT2D eigenvalue weighted by atomic mass is 16.5. The van der Waals surface area contributed by atoms with Crippen LogP contribution in [-0.4, -0.2) is 37.0 Å². The van der Waals surface area contributed by atoms with Crippen molar-refractivity contribution in [1.29, 1.82) is 0 Å². The van der Waals surface area contributed by atoms with Gasteiger partial charge in [-0.3, -0.25) is 9.59 Å². The third-order valence-electron chi connectivity index (χ3n) is 4.02. The number of amides is 1. The Morgan fingerprint density at radius 2 is 1.61 bits per heavy atom. The molecule has 2 aromatic carbocycles. The molecule has 1 amide bonds. The lowest BCUT2D eigenvalue weighted by Gasteiger charge is -2.12. The van der Waals surface area contributed by atoms with Crippen LogP contribution >= 0.6 is 0 Å². The number of carbonyl (C=O) groups is 1. The smallest absolute Gasteiger partial charge is 0.280 e. The molecule has 0 aliphatic carbocycles. The van der Waals surface area contributed by atoms with Crippen molar-refractivity contribution in [3.05, 3.63) is 70.6 Å². The number of carbonyl (C=O) groups excluding carboxylic acids is 1. The maximum atomic E-state index is 12.7. The number of rotatable bonds is 6. The van der Waals surface area contributed by atoms with Gasteiger partial charge >= 0.3 is 0 Å². The van der Waals surface area contributed by atoms with Gasteiger partial charge in [0.25, 0.3) is 5.91 Å². The monoisotopic (exact) mass is 381 g/mol. The Morgan fingerprint density at radius 1 is 0.929 bits per heavy atom. The molecule has 0 aliphatic rings. The number of nitrogens with one attached hydrogen (secondary N) is 1. The molecule has 0 aliphatic heterocycles. The van der Waals surface area contributed by atoms with Gasteiger partial charge in [-0.2, -0.15) is 5.10 Å². The van der Waals surface area contributed by atoms with E-state index < -0.39 is 11.3 Å². The lowest BCUT2D eigenvalue weighted by molar-refractivity contribution is 0.101. The van der Waals surface area contributed by atoms with Crippen LogP contribution in [0.2, 0.25) is 0 Å². The molecule has 1 N–H and O–H groups in total. The van der Waals surface area contributed by atoms with E-state index in [9.17, 15) is 9.59 Å². The van der Waals surface area contributed by atoms with E-state index in [0.717, 1.165) is 0 Å². The zero-order valence-electron chi connectivity index (χ0n) is 15.6. The van der Waals surface area contributed by atoms with Gasteiger partial charge in [0.15, 0.2) is 5.69 Å². The largest absolute Gasteiger partial charge is 0.497 e. The summed E-state index contributed by atoms with van der Waals surface area (Å²) in [6.07, 6.45) is 1.49. The summed E-state index contributed by atoms with van der Waals surface area (Å²) in [5.74, 6) is 1.00. The summed E-state index contributed by atoms with van der Waals surface area (Å²) in [5.41, 5.74) is 0.300. The second-order valence-corrected chi connectivity index (χ2v) is 5.69. The first-order valence-electron chi connectivity index (χ1n) is 8.33. The topological polar surface area (TPSA) is 91.7 Å². The van der Waals surface area contributed by atoms with E-state index in [1.165, 1.54) is 31.2 Å². The van der Waals surface area contributed by atoms with Crippen LogP contribution in [0.15, 0.2) is 59.5 Å². The van der Waals surface area contributed by atoms with Crippen molar-refractivity contribution in [2.24, 2.45) is 0 Å². The predicted molar refractivity (Wildman–Crippen MR) is 104 cm³/mol. The van der Waals surface area contributed by atoms with E-state index in [-0.39, 0.29) is 5.69 Å². The van der Waals surface area contributed by atoms with E-state index in [2.05, 4.69) is 10.4 Å². The van der Waals surface area contributed by atoms with Crippen LogP contribution < -0.4 is 25.0 Å². The Hall–Kier alpha value is -3.81. The fourth-order valence-corrected chi connectivity index (χ4v) is 2.54. The lowest BCUT2D eigenvalue weighted by atomic mass is 10.2. The van der Waals surface area contributed by atoms with Gasteiger partial charge in [0.05, 0.1) is 32.7 Å².